The highest BCUT2D eigenvalue weighted by Gasteiger charge is 2.49. The molecule has 63 heavy (non-hydrogen) atoms. The van der Waals surface area contributed by atoms with E-state index < -0.39 is 61.1 Å². The first-order chi connectivity index (χ1) is 28.3. The van der Waals surface area contributed by atoms with Gasteiger partial charge in [0.2, 0.25) is 0 Å². The van der Waals surface area contributed by atoms with Crippen LogP contribution in [-0.2, 0) is 38.0 Å². The predicted molar refractivity (Wildman–Crippen MR) is 248 cm³/mol. The molecule has 2 rings (SSSR count). The molecule has 0 aliphatic rings. The van der Waals surface area contributed by atoms with Gasteiger partial charge in [0.25, 0.3) is 0 Å². The molecule has 2 atom stereocenters. The van der Waals surface area contributed by atoms with Crippen LogP contribution >= 0.6 is 0 Å². The van der Waals surface area contributed by atoms with Crippen LogP contribution in [0.4, 0.5) is 13.2 Å². The van der Waals surface area contributed by atoms with Crippen LogP contribution in [-0.4, -0.2) is 81.1 Å². The quantitative estimate of drug-likeness (QED) is 0.0612. The van der Waals surface area contributed by atoms with Gasteiger partial charge < -0.3 is 32.0 Å². The molecule has 0 amide bonds. The third-order valence-electron chi connectivity index (χ3n) is 11.2. The average molecular weight is 951 g/mol. The smallest absolute Gasteiger partial charge is 0.496 e. The molecule has 0 N–H and O–H groups in total. The molecule has 0 fully saturated rings. The summed E-state index contributed by atoms with van der Waals surface area (Å²) in [5, 5.41) is 0.0518. The zero-order valence-corrected chi connectivity index (χ0v) is 44.2. The molecule has 0 aromatic heterocycles. The van der Waals surface area contributed by atoms with E-state index in [0.717, 1.165) is 11.3 Å². The van der Waals surface area contributed by atoms with Crippen LogP contribution in [0.15, 0.2) is 36.4 Å². The zero-order valence-electron chi connectivity index (χ0n) is 41.4. The van der Waals surface area contributed by atoms with Gasteiger partial charge in [-0.2, -0.15) is 21.6 Å². The summed E-state index contributed by atoms with van der Waals surface area (Å²) in [4.78, 5) is 24.6. The van der Waals surface area contributed by atoms with E-state index in [-0.39, 0.29) is 47.2 Å². The lowest BCUT2D eigenvalue weighted by Crippen LogP contribution is -2.41. The second kappa shape index (κ2) is 22.4. The number of rotatable bonds is 18. The van der Waals surface area contributed by atoms with Crippen LogP contribution in [0.3, 0.4) is 0 Å². The summed E-state index contributed by atoms with van der Waals surface area (Å²) in [5.41, 5.74) is -4.01. The minimum Gasteiger partial charge on any atom is -0.496 e. The van der Waals surface area contributed by atoms with Gasteiger partial charge in [0.05, 0.1) is 14.2 Å². The first-order valence-corrected chi connectivity index (χ1v) is 28.5. The van der Waals surface area contributed by atoms with Crippen molar-refractivity contribution in [3.63, 3.8) is 0 Å². The van der Waals surface area contributed by atoms with Crippen LogP contribution in [0.25, 0.3) is 0 Å². The van der Waals surface area contributed by atoms with E-state index in [4.69, 9.17) is 27.8 Å². The molecule has 2 aromatic carbocycles. The van der Waals surface area contributed by atoms with E-state index in [9.17, 15) is 31.2 Å². The number of esters is 2. The number of methoxy groups -OCH3 is 2. The van der Waals surface area contributed by atoms with Crippen LogP contribution < -0.4 is 13.7 Å². The number of halogens is 3. The van der Waals surface area contributed by atoms with E-state index in [0.29, 0.717) is 25.0 Å². The minimum atomic E-state index is -5.91. The molecule has 0 saturated heterocycles. The van der Waals surface area contributed by atoms with Crippen molar-refractivity contribution in [2.45, 2.75) is 181 Å². The lowest BCUT2D eigenvalue weighted by Gasteiger charge is -2.37. The molecule has 0 saturated carbocycles. The fourth-order valence-corrected chi connectivity index (χ4v) is 8.01. The second-order valence-electron chi connectivity index (χ2n) is 20.9. The van der Waals surface area contributed by atoms with Gasteiger partial charge in [-0.1, -0.05) is 59.7 Å². The Bertz CT molecular complexity index is 1910. The van der Waals surface area contributed by atoms with Gasteiger partial charge in [-0.3, -0.25) is 9.59 Å². The SMILES string of the molecule is COc1ccc([C@H](CCC(=O)OC(C)(C)C)CO[Si](C)(C)C(C)(C)C)cc1C.COc1ccc([C@H](CCC(=O)OC(C)(C)C)CO[Si](C)(C)C(C)(C)C)cc1OS(=O)(=O)C(F)(F)F. The summed E-state index contributed by atoms with van der Waals surface area (Å²) in [6, 6.07) is 10.3. The van der Waals surface area contributed by atoms with Gasteiger partial charge in [0.1, 0.15) is 17.0 Å². The van der Waals surface area contributed by atoms with E-state index >= 15 is 0 Å². The van der Waals surface area contributed by atoms with Gasteiger partial charge in [-0.25, -0.2) is 0 Å². The maximum Gasteiger partial charge on any atom is 0.534 e. The normalized spacial score (nSPS) is 14.2. The van der Waals surface area contributed by atoms with Gasteiger partial charge in [-0.05, 0) is 132 Å². The fourth-order valence-electron chi connectivity index (χ4n) is 5.45. The molecule has 2 aromatic rings. The highest BCUT2D eigenvalue weighted by Crippen LogP contribution is 2.41. The third kappa shape index (κ3) is 19.5. The van der Waals surface area contributed by atoms with Crippen molar-refractivity contribution in [2.75, 3.05) is 27.4 Å². The predicted octanol–water partition coefficient (Wildman–Crippen LogP) is 12.4. The van der Waals surface area contributed by atoms with Crippen molar-refractivity contribution in [1.82, 2.24) is 0 Å². The van der Waals surface area contributed by atoms with Crippen molar-refractivity contribution in [3.8, 4) is 17.2 Å². The molecule has 11 nitrogen and oxygen atoms in total. The zero-order chi connectivity index (χ0) is 49.2. The molecule has 0 aliphatic heterocycles. The second-order valence-corrected chi connectivity index (χ2v) is 32.1. The van der Waals surface area contributed by atoms with Crippen molar-refractivity contribution >= 4 is 38.7 Å². The van der Waals surface area contributed by atoms with E-state index in [1.54, 1.807) is 33.9 Å². The van der Waals surface area contributed by atoms with Gasteiger partial charge in [-0.15, -0.1) is 0 Å². The van der Waals surface area contributed by atoms with Crippen molar-refractivity contribution in [1.29, 1.82) is 0 Å². The topological polar surface area (TPSA) is 133 Å². The Hall–Kier alpha value is -3.13. The maximum atomic E-state index is 12.9. The highest BCUT2D eigenvalue weighted by molar-refractivity contribution is 7.88. The molecule has 362 valence electrons. The molecule has 0 heterocycles. The third-order valence-corrected chi connectivity index (χ3v) is 21.1. The lowest BCUT2D eigenvalue weighted by atomic mass is 9.93. The number of carbonyl (C=O) groups excluding carboxylic acids is 2. The molecular weight excluding hydrogens is 874 g/mol. The largest absolute Gasteiger partial charge is 0.534 e. The van der Waals surface area contributed by atoms with Crippen molar-refractivity contribution in [2.24, 2.45) is 0 Å². The van der Waals surface area contributed by atoms with Gasteiger partial charge in [0, 0.05) is 37.9 Å². The van der Waals surface area contributed by atoms with Crippen molar-refractivity contribution < 1.29 is 63.2 Å². The maximum absolute atomic E-state index is 12.9. The van der Waals surface area contributed by atoms with Crippen LogP contribution in [0.1, 0.15) is 137 Å². The monoisotopic (exact) mass is 950 g/mol. The summed E-state index contributed by atoms with van der Waals surface area (Å²) < 4.78 is 100. The number of benzene rings is 2. The molecule has 0 aliphatic carbocycles. The minimum absolute atomic E-state index is 0.0336. The number of alkyl halides is 3. The molecule has 0 spiro atoms. The molecular formula is C46H77F3O11SSi2. The molecule has 0 radical (unpaired) electrons. The van der Waals surface area contributed by atoms with E-state index in [1.165, 1.54) is 24.8 Å². The summed E-state index contributed by atoms with van der Waals surface area (Å²) in [6.07, 6.45) is 1.39. The Labute approximate surface area is 378 Å². The Morgan fingerprint density at radius 1 is 0.603 bits per heavy atom. The Balaban J connectivity index is 0.000000646. The van der Waals surface area contributed by atoms with E-state index in [2.05, 4.69) is 84.0 Å². The van der Waals surface area contributed by atoms with Crippen molar-refractivity contribution in [3.05, 3.63) is 53.1 Å². The van der Waals surface area contributed by atoms with Crippen LogP contribution in [0.5, 0.6) is 17.2 Å². The Morgan fingerprint density at radius 3 is 1.29 bits per heavy atom. The molecule has 0 bridgehead atoms. The standard InChI is InChI=1S/C23H37F3O7SSi.C23H40O4Si/c1-21(2,3)32-20(27)13-11-17(15-31-35(8,9)22(4,5)6)16-10-12-18(30-7)19(14-16)33-34(28,29)23(24,25)26;1-17-15-18(11-13-20(17)25-8)19(12-14-21(24)27-22(2,3)4)16-26-28(9,10)23(5,6)7/h10,12,14,17H,11,13,15H2,1-9H3;11,13,15,19H,12,14,16H2,1-10H3/t17-;19-/m11/s1. The number of carbonyl (C=O) groups is 2. The lowest BCUT2D eigenvalue weighted by molar-refractivity contribution is -0.156. The number of ether oxygens (including phenoxy) is 4. The molecule has 0 unspecified atom stereocenters. The summed E-state index contributed by atoms with van der Waals surface area (Å²) in [6.45, 7) is 35.3. The Kier molecular flexibility index (Phi) is 20.6. The first kappa shape index (κ1) is 57.9. The number of hydrogen-bond donors (Lipinski definition) is 0. The highest BCUT2D eigenvalue weighted by atomic mass is 32.2. The first-order valence-electron chi connectivity index (χ1n) is 21.3. The van der Waals surface area contributed by atoms with Gasteiger partial charge in [0.15, 0.2) is 28.1 Å². The fraction of sp³-hybridized carbons (Fsp3) is 0.696. The summed E-state index contributed by atoms with van der Waals surface area (Å²) in [7, 11) is -7.11. The summed E-state index contributed by atoms with van der Waals surface area (Å²) in [5.74, 6) is -0.797. The number of aryl methyl sites for hydroxylation is 1. The van der Waals surface area contributed by atoms with Crippen LogP contribution in [0.2, 0.25) is 36.3 Å². The van der Waals surface area contributed by atoms with Gasteiger partial charge >= 0.3 is 27.6 Å². The Morgan fingerprint density at radius 2 is 0.968 bits per heavy atom. The van der Waals surface area contributed by atoms with Crippen LogP contribution in [0, 0.1) is 6.92 Å². The molecule has 17 heteroatoms. The number of hydrogen-bond acceptors (Lipinski definition) is 11. The summed E-state index contributed by atoms with van der Waals surface area (Å²) >= 11 is 0. The average Bonchev–Trinajstić information content (AvgIpc) is 3.08. The van der Waals surface area contributed by atoms with E-state index in [1.807, 2.05) is 33.8 Å².